The molecule has 3 heteroatoms. The molecule has 0 aliphatic rings. The van der Waals surface area contributed by atoms with E-state index in [1.165, 1.54) is 10.5 Å². The van der Waals surface area contributed by atoms with Gasteiger partial charge in [0.05, 0.1) is 13.7 Å². The minimum atomic E-state index is 0.104. The molecule has 0 spiro atoms. The quantitative estimate of drug-likeness (QED) is 0.817. The van der Waals surface area contributed by atoms with Crippen LogP contribution < -0.4 is 4.74 Å². The van der Waals surface area contributed by atoms with E-state index in [2.05, 4.69) is 18.2 Å². The number of benzene rings is 2. The van der Waals surface area contributed by atoms with Crippen LogP contribution in [0.2, 0.25) is 0 Å². The van der Waals surface area contributed by atoms with Gasteiger partial charge in [-0.1, -0.05) is 24.3 Å². The Labute approximate surface area is 118 Å². The van der Waals surface area contributed by atoms with Gasteiger partial charge in [0.1, 0.15) is 5.75 Å². The summed E-state index contributed by atoms with van der Waals surface area (Å²) >= 11 is 1.81. The Kier molecular flexibility index (Phi) is 5.31. The molecule has 0 heterocycles. The van der Waals surface area contributed by atoms with Gasteiger partial charge in [-0.25, -0.2) is 0 Å². The van der Waals surface area contributed by atoms with Crippen molar-refractivity contribution in [1.82, 2.24) is 0 Å². The second-order valence-electron chi connectivity index (χ2n) is 4.25. The van der Waals surface area contributed by atoms with Crippen LogP contribution in [-0.2, 0) is 13.0 Å². The number of hydrogen-bond acceptors (Lipinski definition) is 3. The molecular formula is C16H18O2S. The molecule has 0 aliphatic heterocycles. The molecular weight excluding hydrogens is 256 g/mol. The molecule has 0 unspecified atom stereocenters. The highest BCUT2D eigenvalue weighted by molar-refractivity contribution is 7.99. The summed E-state index contributed by atoms with van der Waals surface area (Å²) in [4.78, 5) is 1.21. The zero-order valence-electron chi connectivity index (χ0n) is 11.0. The number of thioether (sulfide) groups is 1. The van der Waals surface area contributed by atoms with Crippen molar-refractivity contribution >= 4 is 11.8 Å². The number of hydrogen-bond donors (Lipinski definition) is 1. The van der Waals surface area contributed by atoms with Gasteiger partial charge < -0.3 is 9.84 Å². The highest BCUT2D eigenvalue weighted by Crippen LogP contribution is 2.21. The van der Waals surface area contributed by atoms with Gasteiger partial charge in [0.25, 0.3) is 0 Å². The number of aliphatic hydroxyl groups is 1. The molecule has 0 aromatic heterocycles. The molecule has 100 valence electrons. The molecule has 0 aliphatic carbocycles. The summed E-state index contributed by atoms with van der Waals surface area (Å²) in [6.45, 7) is 0.104. The molecule has 0 amide bonds. The van der Waals surface area contributed by atoms with Gasteiger partial charge in [0.2, 0.25) is 0 Å². The van der Waals surface area contributed by atoms with Crippen molar-refractivity contribution < 1.29 is 9.84 Å². The van der Waals surface area contributed by atoms with Gasteiger partial charge in [-0.3, -0.25) is 0 Å². The number of ether oxygens (including phenoxy) is 1. The fourth-order valence-electron chi connectivity index (χ4n) is 1.81. The fraction of sp³-hybridized carbons (Fsp3) is 0.250. The smallest absolute Gasteiger partial charge is 0.118 e. The molecule has 2 aromatic rings. The summed E-state index contributed by atoms with van der Waals surface area (Å²) in [5, 5.41) is 9.09. The molecule has 0 bridgehead atoms. The maximum Gasteiger partial charge on any atom is 0.118 e. The molecule has 19 heavy (non-hydrogen) atoms. The van der Waals surface area contributed by atoms with Crippen molar-refractivity contribution in [2.45, 2.75) is 17.9 Å². The Morgan fingerprint density at radius 1 is 1.05 bits per heavy atom. The zero-order valence-corrected chi connectivity index (χ0v) is 11.8. The number of methoxy groups -OCH3 is 1. The Morgan fingerprint density at radius 2 is 1.84 bits per heavy atom. The first-order chi connectivity index (χ1) is 9.31. The second-order valence-corrected chi connectivity index (χ2v) is 5.42. The largest absolute Gasteiger partial charge is 0.497 e. The van der Waals surface area contributed by atoms with E-state index in [-0.39, 0.29) is 6.61 Å². The van der Waals surface area contributed by atoms with Crippen LogP contribution >= 0.6 is 11.8 Å². The van der Waals surface area contributed by atoms with Crippen molar-refractivity contribution in [2.24, 2.45) is 0 Å². The van der Waals surface area contributed by atoms with Crippen LogP contribution in [0.4, 0.5) is 0 Å². The number of rotatable bonds is 6. The summed E-state index contributed by atoms with van der Waals surface area (Å²) in [5.41, 5.74) is 2.28. The van der Waals surface area contributed by atoms with Crippen LogP contribution in [0.5, 0.6) is 5.75 Å². The van der Waals surface area contributed by atoms with E-state index in [1.807, 2.05) is 42.1 Å². The highest BCUT2D eigenvalue weighted by Gasteiger charge is 1.98. The molecule has 0 radical (unpaired) electrons. The highest BCUT2D eigenvalue weighted by atomic mass is 32.2. The first-order valence-electron chi connectivity index (χ1n) is 6.27. The third kappa shape index (κ3) is 4.30. The first-order valence-corrected chi connectivity index (χ1v) is 7.26. The van der Waals surface area contributed by atoms with E-state index >= 15 is 0 Å². The molecule has 2 aromatic carbocycles. The standard InChI is InChI=1S/C16H18O2S/c1-18-15-7-5-13(6-8-15)9-10-19-16-4-2-3-14(11-16)12-17/h2-8,11,17H,9-10,12H2,1H3. The van der Waals surface area contributed by atoms with Crippen molar-refractivity contribution in [3.05, 3.63) is 59.7 Å². The maximum absolute atomic E-state index is 9.09. The number of aryl methyl sites for hydroxylation is 1. The minimum Gasteiger partial charge on any atom is -0.497 e. The van der Waals surface area contributed by atoms with Gasteiger partial charge in [0, 0.05) is 10.6 Å². The average molecular weight is 274 g/mol. The zero-order chi connectivity index (χ0) is 13.5. The lowest BCUT2D eigenvalue weighted by molar-refractivity contribution is 0.281. The van der Waals surface area contributed by atoms with E-state index in [9.17, 15) is 0 Å². The summed E-state index contributed by atoms with van der Waals surface area (Å²) in [6.07, 6.45) is 1.03. The van der Waals surface area contributed by atoms with Crippen molar-refractivity contribution in [3.63, 3.8) is 0 Å². The molecule has 0 saturated heterocycles. The SMILES string of the molecule is COc1ccc(CCSc2cccc(CO)c2)cc1. The minimum absolute atomic E-state index is 0.104. The Bertz CT molecular complexity index is 508. The molecule has 2 rings (SSSR count). The maximum atomic E-state index is 9.09. The molecule has 0 atom stereocenters. The fourth-order valence-corrected chi connectivity index (χ4v) is 2.80. The first kappa shape index (κ1) is 14.0. The summed E-state index contributed by atoms with van der Waals surface area (Å²) < 4.78 is 5.14. The lowest BCUT2D eigenvalue weighted by Gasteiger charge is -2.05. The van der Waals surface area contributed by atoms with Gasteiger partial charge in [-0.15, -0.1) is 11.8 Å². The summed E-state index contributed by atoms with van der Waals surface area (Å²) in [6, 6.07) is 16.2. The summed E-state index contributed by atoms with van der Waals surface area (Å²) in [5.74, 6) is 1.92. The second kappa shape index (κ2) is 7.22. The van der Waals surface area contributed by atoms with Crippen molar-refractivity contribution in [1.29, 1.82) is 0 Å². The third-order valence-electron chi connectivity index (χ3n) is 2.90. The van der Waals surface area contributed by atoms with Gasteiger partial charge >= 0.3 is 0 Å². The van der Waals surface area contributed by atoms with Crippen molar-refractivity contribution in [3.8, 4) is 5.75 Å². The molecule has 1 N–H and O–H groups in total. The Balaban J connectivity index is 1.85. The third-order valence-corrected chi connectivity index (χ3v) is 3.90. The molecule has 0 saturated carbocycles. The van der Waals surface area contributed by atoms with E-state index in [0.29, 0.717) is 0 Å². The van der Waals surface area contributed by atoms with Crippen LogP contribution in [0.25, 0.3) is 0 Å². The van der Waals surface area contributed by atoms with Gasteiger partial charge in [0.15, 0.2) is 0 Å². The van der Waals surface area contributed by atoms with Gasteiger partial charge in [-0.2, -0.15) is 0 Å². The normalized spacial score (nSPS) is 10.4. The van der Waals surface area contributed by atoms with Crippen LogP contribution in [0.15, 0.2) is 53.4 Å². The van der Waals surface area contributed by atoms with E-state index < -0.39 is 0 Å². The van der Waals surface area contributed by atoms with Crippen molar-refractivity contribution in [2.75, 3.05) is 12.9 Å². The molecule has 0 fully saturated rings. The Morgan fingerprint density at radius 3 is 2.53 bits per heavy atom. The van der Waals surface area contributed by atoms with Gasteiger partial charge in [-0.05, 0) is 41.8 Å². The lowest BCUT2D eigenvalue weighted by Crippen LogP contribution is -1.90. The van der Waals surface area contributed by atoms with Crippen LogP contribution in [0.3, 0.4) is 0 Å². The van der Waals surface area contributed by atoms with Crippen LogP contribution in [0.1, 0.15) is 11.1 Å². The van der Waals surface area contributed by atoms with E-state index in [1.54, 1.807) is 7.11 Å². The van der Waals surface area contributed by atoms with Crippen LogP contribution in [0, 0.1) is 0 Å². The number of aliphatic hydroxyl groups excluding tert-OH is 1. The lowest BCUT2D eigenvalue weighted by atomic mass is 10.2. The average Bonchev–Trinajstić information content (AvgIpc) is 2.48. The monoisotopic (exact) mass is 274 g/mol. The molecule has 2 nitrogen and oxygen atoms in total. The topological polar surface area (TPSA) is 29.5 Å². The predicted molar refractivity (Wildman–Crippen MR) is 79.8 cm³/mol. The summed E-state index contributed by atoms with van der Waals surface area (Å²) in [7, 11) is 1.68. The Hall–Kier alpha value is -1.45. The van der Waals surface area contributed by atoms with Crippen LogP contribution in [-0.4, -0.2) is 18.0 Å². The van der Waals surface area contributed by atoms with E-state index in [0.717, 1.165) is 23.5 Å². The van der Waals surface area contributed by atoms with E-state index in [4.69, 9.17) is 9.84 Å². The predicted octanol–water partition coefficient (Wildman–Crippen LogP) is 3.52.